The summed E-state index contributed by atoms with van der Waals surface area (Å²) in [5, 5.41) is 1.69. The largest absolute Gasteiger partial charge is 0.369 e. The molecule has 0 bridgehead atoms. The Hall–Kier alpha value is -3.17. The first-order valence-electron chi connectivity index (χ1n) is 8.70. The Balaban J connectivity index is 1.82. The van der Waals surface area contributed by atoms with E-state index in [0.29, 0.717) is 16.8 Å². The van der Waals surface area contributed by atoms with Gasteiger partial charge in [-0.1, -0.05) is 48.5 Å². The number of rotatable bonds is 5. The number of carbonyl (C=O) groups is 1. The lowest BCUT2D eigenvalue weighted by atomic mass is 9.82. The lowest BCUT2D eigenvalue weighted by Gasteiger charge is -2.26. The number of nitrogens with two attached hydrogens (primary N) is 1. The van der Waals surface area contributed by atoms with E-state index in [0.717, 1.165) is 11.3 Å². The Kier molecular flexibility index (Phi) is 4.64. The average molecular weight is 427 g/mol. The highest BCUT2D eigenvalue weighted by Gasteiger charge is 2.49. The summed E-state index contributed by atoms with van der Waals surface area (Å²) in [6.07, 6.45) is 0. The maximum Gasteiger partial charge on any atom is 0.271 e. The third-order valence-corrected chi connectivity index (χ3v) is 7.50. The second-order valence-corrected chi connectivity index (χ2v) is 9.39. The van der Waals surface area contributed by atoms with Crippen molar-refractivity contribution in [3.05, 3.63) is 83.2 Å². The summed E-state index contributed by atoms with van der Waals surface area (Å²) in [5.74, 6) is -0.206. The van der Waals surface area contributed by atoms with Crippen LogP contribution in [0.2, 0.25) is 0 Å². The van der Waals surface area contributed by atoms with Crippen molar-refractivity contribution in [1.82, 2.24) is 4.90 Å². The first-order chi connectivity index (χ1) is 13.8. The van der Waals surface area contributed by atoms with Crippen molar-refractivity contribution in [2.45, 2.75) is 9.75 Å². The number of hydrogen-bond acceptors (Lipinski definition) is 6. The number of anilines is 1. The molecule has 0 aliphatic carbocycles. The molecule has 1 aliphatic heterocycles. The number of nitrogens with one attached hydrogen (secondary N) is 1. The van der Waals surface area contributed by atoms with Crippen LogP contribution in [-0.4, -0.2) is 32.2 Å². The monoisotopic (exact) mass is 426 g/mol. The van der Waals surface area contributed by atoms with Crippen molar-refractivity contribution in [1.29, 1.82) is 0 Å². The third kappa shape index (κ3) is 3.18. The summed E-state index contributed by atoms with van der Waals surface area (Å²) in [7, 11) is -2.15. The lowest BCUT2D eigenvalue weighted by molar-refractivity contribution is -0.129. The zero-order valence-corrected chi connectivity index (χ0v) is 17.1. The molecule has 0 radical (unpaired) electrons. The summed E-state index contributed by atoms with van der Waals surface area (Å²) in [4.78, 5) is 19.0. The highest BCUT2D eigenvalue weighted by Crippen LogP contribution is 2.40. The molecule has 0 spiro atoms. The van der Waals surface area contributed by atoms with Crippen LogP contribution in [-0.2, 0) is 20.4 Å². The molecule has 9 heteroatoms. The number of likely N-dealkylation sites (N-methyl/N-ethyl adjacent to an activating group) is 1. The first-order valence-corrected chi connectivity index (χ1v) is 11.1. The fraction of sp³-hybridized carbons (Fsp3) is 0.100. The minimum Gasteiger partial charge on any atom is -0.369 e. The van der Waals surface area contributed by atoms with Gasteiger partial charge in [-0.2, -0.15) is 0 Å². The molecule has 1 aromatic heterocycles. The van der Waals surface area contributed by atoms with Gasteiger partial charge in [0.25, 0.3) is 15.9 Å². The molecule has 4 rings (SSSR count). The van der Waals surface area contributed by atoms with Crippen LogP contribution >= 0.6 is 11.3 Å². The Morgan fingerprint density at radius 2 is 1.76 bits per heavy atom. The number of hydrogen-bond donors (Lipinski definition) is 2. The Morgan fingerprint density at radius 1 is 1.03 bits per heavy atom. The van der Waals surface area contributed by atoms with Gasteiger partial charge in [0.15, 0.2) is 11.5 Å². The van der Waals surface area contributed by atoms with Gasteiger partial charge in [-0.15, -0.1) is 11.3 Å². The Bertz CT molecular complexity index is 1190. The molecule has 29 heavy (non-hydrogen) atoms. The predicted octanol–water partition coefficient (Wildman–Crippen LogP) is 2.58. The summed E-state index contributed by atoms with van der Waals surface area (Å²) in [5.41, 5.74) is 6.10. The van der Waals surface area contributed by atoms with Crippen molar-refractivity contribution < 1.29 is 13.2 Å². The second kappa shape index (κ2) is 7.02. The molecule has 0 saturated carbocycles. The van der Waals surface area contributed by atoms with Gasteiger partial charge in [0, 0.05) is 12.7 Å². The second-order valence-electron chi connectivity index (χ2n) is 6.53. The number of thiophene rings is 1. The van der Waals surface area contributed by atoms with Crippen LogP contribution in [0.25, 0.3) is 0 Å². The van der Waals surface area contributed by atoms with Gasteiger partial charge in [0.1, 0.15) is 4.21 Å². The number of aliphatic imine (C=N–C) groups is 1. The van der Waals surface area contributed by atoms with Crippen LogP contribution in [0.4, 0.5) is 5.69 Å². The first kappa shape index (κ1) is 19.2. The minimum atomic E-state index is -3.72. The summed E-state index contributed by atoms with van der Waals surface area (Å²) in [6.45, 7) is 0. The maximum atomic E-state index is 13.2. The van der Waals surface area contributed by atoms with Crippen molar-refractivity contribution in [2.75, 3.05) is 11.8 Å². The molecular formula is C20H18N4O3S2. The molecule has 3 N–H and O–H groups in total. The standard InChI is InChI=1S/C20H18N4O3S2/c1-24-18(25)20(22-19(24)21,14-7-3-2-4-8-14)15-9-5-10-16(13-15)23-29(26,27)17-11-6-12-28-17/h2-13,23H,1H3,(H2,21,22). The molecule has 1 aliphatic rings. The van der Waals surface area contributed by atoms with Crippen molar-refractivity contribution in [2.24, 2.45) is 10.7 Å². The fourth-order valence-electron chi connectivity index (χ4n) is 3.29. The summed E-state index contributed by atoms with van der Waals surface area (Å²) < 4.78 is 28.0. The van der Waals surface area contributed by atoms with Crippen molar-refractivity contribution >= 4 is 38.9 Å². The van der Waals surface area contributed by atoms with E-state index in [1.807, 2.05) is 18.2 Å². The van der Waals surface area contributed by atoms with E-state index < -0.39 is 15.6 Å². The van der Waals surface area contributed by atoms with Crippen LogP contribution in [0.3, 0.4) is 0 Å². The van der Waals surface area contributed by atoms with E-state index in [-0.39, 0.29) is 16.1 Å². The van der Waals surface area contributed by atoms with Crippen LogP contribution < -0.4 is 10.5 Å². The van der Waals surface area contributed by atoms with Gasteiger partial charge in [-0.3, -0.25) is 14.4 Å². The van der Waals surface area contributed by atoms with E-state index in [4.69, 9.17) is 5.73 Å². The van der Waals surface area contributed by atoms with E-state index in [1.165, 1.54) is 11.0 Å². The molecule has 1 amide bonds. The minimum absolute atomic E-state index is 0.100. The molecule has 3 aromatic rings. The molecule has 148 valence electrons. The molecule has 0 fully saturated rings. The van der Waals surface area contributed by atoms with Crippen LogP contribution in [0, 0.1) is 0 Å². The van der Waals surface area contributed by atoms with E-state index in [2.05, 4.69) is 9.71 Å². The fourth-order valence-corrected chi connectivity index (χ4v) is 5.34. The Morgan fingerprint density at radius 3 is 2.38 bits per heavy atom. The van der Waals surface area contributed by atoms with Crippen LogP contribution in [0.1, 0.15) is 11.1 Å². The predicted molar refractivity (Wildman–Crippen MR) is 113 cm³/mol. The van der Waals surface area contributed by atoms with Gasteiger partial charge in [0.2, 0.25) is 0 Å². The zero-order valence-electron chi connectivity index (χ0n) is 15.4. The average Bonchev–Trinajstić information content (AvgIpc) is 3.34. The van der Waals surface area contributed by atoms with E-state index in [9.17, 15) is 13.2 Å². The number of carbonyl (C=O) groups excluding carboxylic acids is 1. The maximum absolute atomic E-state index is 13.2. The van der Waals surface area contributed by atoms with Crippen LogP contribution in [0.5, 0.6) is 0 Å². The molecule has 1 atom stereocenters. The number of guanidine groups is 1. The van der Waals surface area contributed by atoms with Crippen LogP contribution in [0.15, 0.2) is 81.3 Å². The van der Waals surface area contributed by atoms with E-state index in [1.54, 1.807) is 54.9 Å². The summed E-state index contributed by atoms with van der Waals surface area (Å²) >= 11 is 1.13. The Labute approximate surface area is 172 Å². The van der Waals surface area contributed by atoms with Gasteiger partial charge in [-0.25, -0.2) is 13.4 Å². The molecular weight excluding hydrogens is 408 g/mol. The molecule has 7 nitrogen and oxygen atoms in total. The summed E-state index contributed by atoms with van der Waals surface area (Å²) in [6, 6.07) is 19.0. The topological polar surface area (TPSA) is 105 Å². The van der Waals surface area contributed by atoms with Gasteiger partial charge in [0.05, 0.1) is 0 Å². The highest BCUT2D eigenvalue weighted by atomic mass is 32.2. The molecule has 2 heterocycles. The smallest absolute Gasteiger partial charge is 0.271 e. The number of benzene rings is 2. The highest BCUT2D eigenvalue weighted by molar-refractivity contribution is 7.94. The molecule has 0 saturated heterocycles. The number of amides is 1. The van der Waals surface area contributed by atoms with Crippen molar-refractivity contribution in [3.63, 3.8) is 0 Å². The third-order valence-electron chi connectivity index (χ3n) is 4.72. The number of sulfonamides is 1. The van der Waals surface area contributed by atoms with Gasteiger partial charge < -0.3 is 5.73 Å². The van der Waals surface area contributed by atoms with Crippen molar-refractivity contribution in [3.8, 4) is 0 Å². The lowest BCUT2D eigenvalue weighted by Crippen LogP contribution is -2.41. The normalized spacial score (nSPS) is 19.3. The van der Waals surface area contributed by atoms with E-state index >= 15 is 0 Å². The zero-order chi connectivity index (χ0) is 20.6. The molecule has 2 aromatic carbocycles. The number of nitrogens with zero attached hydrogens (tertiary/aromatic N) is 2. The SMILES string of the molecule is CN1C(=O)C(c2ccccc2)(c2cccc(NS(=O)(=O)c3cccs3)c2)N=C1N. The quantitative estimate of drug-likeness (QED) is 0.654. The van der Waals surface area contributed by atoms with Gasteiger partial charge in [-0.05, 0) is 34.7 Å². The van der Waals surface area contributed by atoms with Gasteiger partial charge >= 0.3 is 0 Å². The molecule has 1 unspecified atom stereocenters.